The molecule has 4 aliphatic carbocycles. The van der Waals surface area contributed by atoms with Crippen LogP contribution in [0.1, 0.15) is 98.8 Å². The van der Waals surface area contributed by atoms with Gasteiger partial charge in [-0.15, -0.1) is 0 Å². The van der Waals surface area contributed by atoms with Crippen molar-refractivity contribution in [1.82, 2.24) is 0 Å². The Morgan fingerprint density at radius 2 is 1.76 bits per heavy atom. The van der Waals surface area contributed by atoms with Crippen LogP contribution in [0.5, 0.6) is 5.75 Å². The van der Waals surface area contributed by atoms with Crippen molar-refractivity contribution in [3.05, 3.63) is 30.4 Å². The van der Waals surface area contributed by atoms with E-state index >= 15 is 0 Å². The molecular formula is C33H51N3O. The van der Waals surface area contributed by atoms with Gasteiger partial charge in [-0.1, -0.05) is 66.0 Å². The van der Waals surface area contributed by atoms with Crippen molar-refractivity contribution >= 4 is 11.4 Å². The fourth-order valence-corrected chi connectivity index (χ4v) is 9.61. The number of hydrogen-bond acceptors (Lipinski definition) is 4. The molecule has 4 aliphatic rings. The summed E-state index contributed by atoms with van der Waals surface area (Å²) < 4.78 is 6.43. The highest BCUT2D eigenvalue weighted by Gasteiger charge is 2.59. The molecule has 1 aromatic rings. The third kappa shape index (κ3) is 4.87. The Hall–Kier alpha value is -1.84. The Kier molecular flexibility index (Phi) is 7.50. The lowest BCUT2D eigenvalue weighted by Crippen LogP contribution is -2.52. The van der Waals surface area contributed by atoms with E-state index in [1.54, 1.807) is 6.07 Å². The van der Waals surface area contributed by atoms with E-state index in [0.717, 1.165) is 48.3 Å². The lowest BCUT2D eigenvalue weighted by Gasteiger charge is -2.59. The van der Waals surface area contributed by atoms with Crippen LogP contribution in [0.4, 0.5) is 11.4 Å². The number of fused-ring (bicyclic) bond motifs is 5. The average Bonchev–Trinajstić information content (AvgIpc) is 3.22. The molecule has 1 aromatic carbocycles. The molecular weight excluding hydrogens is 454 g/mol. The van der Waals surface area contributed by atoms with Gasteiger partial charge in [-0.25, -0.2) is 5.53 Å². The van der Waals surface area contributed by atoms with Crippen molar-refractivity contribution in [3.63, 3.8) is 0 Å². The first-order valence-corrected chi connectivity index (χ1v) is 15.3. The molecule has 9 atom stereocenters. The molecule has 0 heterocycles. The van der Waals surface area contributed by atoms with Gasteiger partial charge < -0.3 is 10.5 Å². The third-order valence-corrected chi connectivity index (χ3v) is 11.7. The van der Waals surface area contributed by atoms with Crippen LogP contribution in [0.15, 0.2) is 35.5 Å². The Morgan fingerprint density at radius 3 is 2.51 bits per heavy atom. The smallest absolute Gasteiger partial charge is 0.147 e. The molecule has 0 aromatic heterocycles. The third-order valence-electron chi connectivity index (χ3n) is 11.7. The molecule has 0 saturated heterocycles. The van der Waals surface area contributed by atoms with Crippen LogP contribution in [-0.2, 0) is 0 Å². The number of nitrogen functional groups attached to an aromatic ring is 1. The fraction of sp³-hybridized carbons (Fsp3) is 0.758. The minimum absolute atomic E-state index is 0.180. The van der Waals surface area contributed by atoms with Crippen molar-refractivity contribution in [2.24, 2.45) is 57.4 Å². The van der Waals surface area contributed by atoms with Crippen molar-refractivity contribution in [2.75, 3.05) is 5.73 Å². The van der Waals surface area contributed by atoms with E-state index in [4.69, 9.17) is 16.0 Å². The van der Waals surface area contributed by atoms with Crippen LogP contribution in [0.2, 0.25) is 0 Å². The first kappa shape index (κ1) is 26.8. The Morgan fingerprint density at radius 1 is 1.00 bits per heavy atom. The maximum atomic E-state index is 7.52. The maximum absolute atomic E-state index is 7.52. The number of nitrogens with zero attached hydrogens (tertiary/aromatic N) is 1. The molecule has 0 aliphatic heterocycles. The van der Waals surface area contributed by atoms with Crippen molar-refractivity contribution in [2.45, 2.75) is 105 Å². The van der Waals surface area contributed by atoms with Gasteiger partial charge in [0, 0.05) is 5.69 Å². The lowest BCUT2D eigenvalue weighted by atomic mass is 9.46. The molecule has 4 nitrogen and oxygen atoms in total. The molecule has 0 radical (unpaired) electrons. The lowest BCUT2D eigenvalue weighted by molar-refractivity contribution is -0.0783. The van der Waals surface area contributed by atoms with Gasteiger partial charge in [-0.2, -0.15) is 5.11 Å². The molecule has 37 heavy (non-hydrogen) atoms. The number of nitrogens with two attached hydrogens (primary N) is 1. The van der Waals surface area contributed by atoms with Gasteiger partial charge in [0.15, 0.2) is 0 Å². The molecule has 0 bridgehead atoms. The largest absolute Gasteiger partial charge is 0.488 e. The zero-order valence-corrected chi connectivity index (χ0v) is 24.0. The number of allylic oxidation sites excluding steroid dienone is 2. The van der Waals surface area contributed by atoms with Crippen LogP contribution in [0.25, 0.3) is 0 Å². The van der Waals surface area contributed by atoms with Gasteiger partial charge in [0.25, 0.3) is 0 Å². The summed E-state index contributed by atoms with van der Waals surface area (Å²) in [4.78, 5) is 0. The van der Waals surface area contributed by atoms with Crippen molar-refractivity contribution in [1.29, 1.82) is 5.53 Å². The highest BCUT2D eigenvalue weighted by molar-refractivity contribution is 5.59. The maximum Gasteiger partial charge on any atom is 0.147 e. The van der Waals surface area contributed by atoms with Gasteiger partial charge in [-0.3, -0.25) is 0 Å². The summed E-state index contributed by atoms with van der Waals surface area (Å²) in [6, 6.07) is 5.46. The summed E-state index contributed by atoms with van der Waals surface area (Å²) in [5, 5.41) is 3.66. The molecule has 3 fully saturated rings. The SMILES string of the molecule is CC(C)CCCC(C)C1CCC2C3C=CC4CC(Oc5ccc(N)cc5N=N)CCC4(C)C3CCC12C. The Bertz CT molecular complexity index is 1000. The zero-order chi connectivity index (χ0) is 26.4. The van der Waals surface area contributed by atoms with E-state index in [1.165, 1.54) is 51.4 Å². The molecule has 3 N–H and O–H groups in total. The van der Waals surface area contributed by atoms with E-state index in [-0.39, 0.29) is 6.10 Å². The Labute approximate surface area is 225 Å². The quantitative estimate of drug-likeness (QED) is 0.210. The molecule has 9 unspecified atom stereocenters. The second kappa shape index (κ2) is 10.4. The summed E-state index contributed by atoms with van der Waals surface area (Å²) in [6.07, 6.45) is 18.7. The summed E-state index contributed by atoms with van der Waals surface area (Å²) in [5.74, 6) is 6.31. The predicted octanol–water partition coefficient (Wildman–Crippen LogP) is 9.58. The second-order valence-corrected chi connectivity index (χ2v) is 14.2. The van der Waals surface area contributed by atoms with Gasteiger partial charge in [-0.05, 0) is 115 Å². The summed E-state index contributed by atoms with van der Waals surface area (Å²) in [5.41, 5.74) is 15.5. The average molecular weight is 506 g/mol. The van der Waals surface area contributed by atoms with E-state index in [9.17, 15) is 0 Å². The number of hydrogen-bond donors (Lipinski definition) is 2. The van der Waals surface area contributed by atoms with Gasteiger partial charge in [0.05, 0.1) is 6.10 Å². The van der Waals surface area contributed by atoms with Crippen LogP contribution in [0, 0.1) is 57.8 Å². The van der Waals surface area contributed by atoms with E-state index < -0.39 is 0 Å². The van der Waals surface area contributed by atoms with Gasteiger partial charge in [0.1, 0.15) is 11.4 Å². The normalized spacial score (nSPS) is 39.5. The number of nitrogens with one attached hydrogen (secondary N) is 1. The molecule has 4 heteroatoms. The number of ether oxygens (including phenoxy) is 1. The molecule has 204 valence electrons. The number of anilines is 1. The minimum Gasteiger partial charge on any atom is -0.488 e. The molecule has 0 amide bonds. The first-order valence-electron chi connectivity index (χ1n) is 15.3. The molecule has 5 rings (SSSR count). The first-order chi connectivity index (χ1) is 17.7. The topological polar surface area (TPSA) is 71.5 Å². The van der Waals surface area contributed by atoms with Crippen molar-refractivity contribution in [3.8, 4) is 5.75 Å². The highest BCUT2D eigenvalue weighted by atomic mass is 16.5. The fourth-order valence-electron chi connectivity index (χ4n) is 9.61. The van der Waals surface area contributed by atoms with Crippen molar-refractivity contribution < 1.29 is 4.74 Å². The van der Waals surface area contributed by atoms with Crippen LogP contribution < -0.4 is 10.5 Å². The van der Waals surface area contributed by atoms with Crippen LogP contribution >= 0.6 is 0 Å². The second-order valence-electron chi connectivity index (χ2n) is 14.2. The predicted molar refractivity (Wildman–Crippen MR) is 153 cm³/mol. The Balaban J connectivity index is 1.28. The van der Waals surface area contributed by atoms with Crippen LogP contribution in [-0.4, -0.2) is 6.10 Å². The number of benzene rings is 1. The monoisotopic (exact) mass is 505 g/mol. The van der Waals surface area contributed by atoms with E-state index in [1.807, 2.05) is 12.1 Å². The minimum atomic E-state index is 0.180. The van der Waals surface area contributed by atoms with Crippen LogP contribution in [0.3, 0.4) is 0 Å². The summed E-state index contributed by atoms with van der Waals surface area (Å²) >= 11 is 0. The highest BCUT2D eigenvalue weighted by Crippen LogP contribution is 2.67. The molecule has 3 saturated carbocycles. The summed E-state index contributed by atoms with van der Waals surface area (Å²) in [7, 11) is 0. The zero-order valence-electron chi connectivity index (χ0n) is 24.0. The van der Waals surface area contributed by atoms with E-state index in [2.05, 4.69) is 51.9 Å². The molecule has 0 spiro atoms. The van der Waals surface area contributed by atoms with Gasteiger partial charge >= 0.3 is 0 Å². The van der Waals surface area contributed by atoms with Gasteiger partial charge in [0.2, 0.25) is 0 Å². The number of rotatable bonds is 8. The standard InChI is InChI=1S/C33H51N3O/c1-21(2)7-6-8-22(3)27-12-13-28-26-11-9-23-19-25(37-31-14-10-24(34)20-30(31)36-35)15-17-32(23,4)29(26)16-18-33(27,28)5/h9-11,14,20-23,25-29,35H,6-8,12-13,15-19,34H2,1-5H3. The summed E-state index contributed by atoms with van der Waals surface area (Å²) in [6.45, 7) is 12.6. The van der Waals surface area contributed by atoms with E-state index in [0.29, 0.717) is 33.9 Å².